The Morgan fingerprint density at radius 1 is 1.40 bits per heavy atom. The second kappa shape index (κ2) is 7.11. The molecular weight excluding hydrogens is 346 g/mol. The van der Waals surface area contributed by atoms with Gasteiger partial charge in [-0.05, 0) is 12.5 Å². The Kier molecular flexibility index (Phi) is 5.08. The number of aryl methyl sites for hydroxylation is 1. The van der Waals surface area contributed by atoms with Crippen LogP contribution in [0, 0.1) is 0 Å². The van der Waals surface area contributed by atoms with Crippen molar-refractivity contribution in [3.05, 3.63) is 38.4 Å². The third kappa shape index (κ3) is 3.27. The molecule has 0 amide bonds. The van der Waals surface area contributed by atoms with Crippen LogP contribution < -0.4 is 5.43 Å². The van der Waals surface area contributed by atoms with Gasteiger partial charge in [-0.15, -0.1) is 0 Å². The number of aromatic carboxylic acids is 1. The number of carboxylic acids is 1. The smallest absolute Gasteiger partial charge is 0.341 e. The molecule has 0 bridgehead atoms. The predicted octanol–water partition coefficient (Wildman–Crippen LogP) is 1.68. The van der Waals surface area contributed by atoms with Gasteiger partial charge in [-0.1, -0.05) is 18.5 Å². The molecule has 0 saturated carbocycles. The van der Waals surface area contributed by atoms with E-state index in [0.717, 1.165) is 13.1 Å². The Bertz CT molecular complexity index is 888. The van der Waals surface area contributed by atoms with Crippen molar-refractivity contribution in [1.29, 1.82) is 0 Å². The van der Waals surface area contributed by atoms with E-state index >= 15 is 0 Å². The van der Waals surface area contributed by atoms with Crippen molar-refractivity contribution in [1.82, 2.24) is 14.5 Å². The van der Waals surface area contributed by atoms with E-state index in [-0.39, 0.29) is 10.7 Å². The molecule has 0 atom stereocenters. The largest absolute Gasteiger partial charge is 0.477 e. The average Bonchev–Trinajstić information content (AvgIpc) is 2.57. The van der Waals surface area contributed by atoms with Gasteiger partial charge in [-0.25, -0.2) is 9.78 Å². The molecule has 134 valence electrons. The van der Waals surface area contributed by atoms with Crippen LogP contribution in [0.15, 0.2) is 10.9 Å². The summed E-state index contributed by atoms with van der Waals surface area (Å²) in [6.07, 6.45) is 0.412. The van der Waals surface area contributed by atoms with Crippen LogP contribution in [-0.4, -0.2) is 51.8 Å². The lowest BCUT2D eigenvalue weighted by Crippen LogP contribution is -2.36. The molecule has 1 aliphatic heterocycles. The minimum Gasteiger partial charge on any atom is -0.477 e. The summed E-state index contributed by atoms with van der Waals surface area (Å²) in [4.78, 5) is 31.0. The van der Waals surface area contributed by atoms with Gasteiger partial charge in [0.25, 0.3) is 0 Å². The molecule has 25 heavy (non-hydrogen) atoms. The second-order valence-corrected chi connectivity index (χ2v) is 6.42. The van der Waals surface area contributed by atoms with Crippen LogP contribution in [0.25, 0.3) is 10.9 Å². The van der Waals surface area contributed by atoms with Crippen molar-refractivity contribution in [2.24, 2.45) is 7.05 Å². The SMILES string of the molecule is CCc1c(C(=O)O)c(=O)c2cc(CN3CCOCC3)nc(Cl)c2n1C. The molecule has 3 heterocycles. The van der Waals surface area contributed by atoms with Gasteiger partial charge in [0, 0.05) is 32.4 Å². The zero-order valence-electron chi connectivity index (χ0n) is 14.2. The summed E-state index contributed by atoms with van der Waals surface area (Å²) in [5.74, 6) is -1.22. The standard InChI is InChI=1S/C17H20ClN3O4/c1-3-12-13(17(23)24)15(22)11-8-10(9-21-4-6-25-7-5-21)19-16(18)14(11)20(12)2/h8H,3-7,9H2,1-2H3,(H,23,24). The Morgan fingerprint density at radius 3 is 2.68 bits per heavy atom. The fourth-order valence-electron chi connectivity index (χ4n) is 3.32. The minimum absolute atomic E-state index is 0.197. The molecule has 0 spiro atoms. The minimum atomic E-state index is -1.22. The van der Waals surface area contributed by atoms with Crippen molar-refractivity contribution >= 4 is 28.5 Å². The molecular formula is C17H20ClN3O4. The number of halogens is 1. The van der Waals surface area contributed by atoms with E-state index in [4.69, 9.17) is 16.3 Å². The number of aromatic nitrogens is 2. The van der Waals surface area contributed by atoms with Gasteiger partial charge in [0.05, 0.1) is 29.8 Å². The lowest BCUT2D eigenvalue weighted by molar-refractivity contribution is 0.0337. The first kappa shape index (κ1) is 17.8. The molecule has 3 rings (SSSR count). The summed E-state index contributed by atoms with van der Waals surface area (Å²) < 4.78 is 6.99. The second-order valence-electron chi connectivity index (χ2n) is 6.06. The predicted molar refractivity (Wildman–Crippen MR) is 94.4 cm³/mol. The summed E-state index contributed by atoms with van der Waals surface area (Å²) in [7, 11) is 1.71. The Balaban J connectivity index is 2.17. The first-order valence-electron chi connectivity index (χ1n) is 8.18. The molecule has 0 aromatic carbocycles. The monoisotopic (exact) mass is 365 g/mol. The highest BCUT2D eigenvalue weighted by molar-refractivity contribution is 6.33. The lowest BCUT2D eigenvalue weighted by Gasteiger charge is -2.26. The summed E-state index contributed by atoms with van der Waals surface area (Å²) >= 11 is 6.36. The molecule has 7 nitrogen and oxygen atoms in total. The zero-order chi connectivity index (χ0) is 18.1. The highest BCUT2D eigenvalue weighted by Gasteiger charge is 2.22. The normalized spacial score (nSPS) is 15.6. The van der Waals surface area contributed by atoms with Crippen LogP contribution in [0.1, 0.15) is 28.7 Å². The van der Waals surface area contributed by atoms with Crippen LogP contribution in [0.2, 0.25) is 5.15 Å². The van der Waals surface area contributed by atoms with E-state index in [0.29, 0.717) is 48.5 Å². The van der Waals surface area contributed by atoms with Gasteiger partial charge in [-0.3, -0.25) is 9.69 Å². The quantitative estimate of drug-likeness (QED) is 0.830. The summed E-state index contributed by atoms with van der Waals surface area (Å²) in [6.45, 7) is 5.23. The summed E-state index contributed by atoms with van der Waals surface area (Å²) in [5, 5.41) is 9.98. The molecule has 2 aromatic heterocycles. The Labute approximate surface area is 149 Å². The number of nitrogens with zero attached hydrogens (tertiary/aromatic N) is 3. The molecule has 1 saturated heterocycles. The van der Waals surface area contributed by atoms with E-state index in [1.165, 1.54) is 0 Å². The first-order chi connectivity index (χ1) is 11.9. The number of carboxylic acid groups (broad SMARTS) is 1. The summed E-state index contributed by atoms with van der Waals surface area (Å²) in [6, 6.07) is 1.66. The van der Waals surface area contributed by atoms with Crippen molar-refractivity contribution < 1.29 is 14.6 Å². The van der Waals surface area contributed by atoms with Crippen molar-refractivity contribution in [2.75, 3.05) is 26.3 Å². The fourth-order valence-corrected chi connectivity index (χ4v) is 3.66. The molecule has 1 N–H and O–H groups in total. The van der Waals surface area contributed by atoms with Gasteiger partial charge in [-0.2, -0.15) is 0 Å². The number of pyridine rings is 2. The summed E-state index contributed by atoms with van der Waals surface area (Å²) in [5.41, 5.74) is 0.855. The van der Waals surface area contributed by atoms with Crippen molar-refractivity contribution in [2.45, 2.75) is 19.9 Å². The van der Waals surface area contributed by atoms with Crippen molar-refractivity contribution in [3.63, 3.8) is 0 Å². The number of carbonyl (C=O) groups is 1. The third-order valence-corrected chi connectivity index (χ3v) is 4.81. The average molecular weight is 366 g/mol. The van der Waals surface area contributed by atoms with E-state index in [1.54, 1.807) is 24.6 Å². The van der Waals surface area contributed by atoms with E-state index in [2.05, 4.69) is 9.88 Å². The zero-order valence-corrected chi connectivity index (χ0v) is 15.0. The maximum absolute atomic E-state index is 12.8. The van der Waals surface area contributed by atoms with Gasteiger partial charge < -0.3 is 14.4 Å². The molecule has 1 fully saturated rings. The Morgan fingerprint density at radius 2 is 2.08 bits per heavy atom. The van der Waals surface area contributed by atoms with Crippen LogP contribution in [0.5, 0.6) is 0 Å². The maximum Gasteiger partial charge on any atom is 0.341 e. The first-order valence-corrected chi connectivity index (χ1v) is 8.56. The van der Waals surface area contributed by atoms with Gasteiger partial charge in [0.2, 0.25) is 5.43 Å². The lowest BCUT2D eigenvalue weighted by atomic mass is 10.1. The Hall–Kier alpha value is -1.96. The van der Waals surface area contributed by atoms with Crippen LogP contribution >= 0.6 is 11.6 Å². The fraction of sp³-hybridized carbons (Fsp3) is 0.471. The van der Waals surface area contributed by atoms with Gasteiger partial charge in [0.1, 0.15) is 5.56 Å². The van der Waals surface area contributed by atoms with Crippen LogP contribution in [0.3, 0.4) is 0 Å². The number of hydrogen-bond acceptors (Lipinski definition) is 5. The van der Waals surface area contributed by atoms with Gasteiger partial charge >= 0.3 is 5.97 Å². The topological polar surface area (TPSA) is 84.7 Å². The maximum atomic E-state index is 12.8. The van der Waals surface area contributed by atoms with E-state index < -0.39 is 11.4 Å². The number of hydrogen-bond donors (Lipinski definition) is 1. The van der Waals surface area contributed by atoms with Crippen LogP contribution in [-0.2, 0) is 24.8 Å². The van der Waals surface area contributed by atoms with Crippen molar-refractivity contribution in [3.8, 4) is 0 Å². The van der Waals surface area contributed by atoms with Crippen LogP contribution in [0.4, 0.5) is 0 Å². The molecule has 0 radical (unpaired) electrons. The highest BCUT2D eigenvalue weighted by atomic mass is 35.5. The number of morpholine rings is 1. The molecule has 0 unspecified atom stereocenters. The number of rotatable bonds is 4. The van der Waals surface area contributed by atoms with Gasteiger partial charge in [0.15, 0.2) is 5.15 Å². The highest BCUT2D eigenvalue weighted by Crippen LogP contribution is 2.24. The molecule has 1 aliphatic rings. The number of ether oxygens (including phenoxy) is 1. The molecule has 0 aliphatic carbocycles. The van der Waals surface area contributed by atoms with E-state index in [9.17, 15) is 14.7 Å². The molecule has 8 heteroatoms. The number of fused-ring (bicyclic) bond motifs is 1. The third-order valence-electron chi connectivity index (χ3n) is 4.54. The van der Waals surface area contributed by atoms with E-state index in [1.807, 2.05) is 0 Å². The molecule has 2 aromatic rings.